The summed E-state index contributed by atoms with van der Waals surface area (Å²) in [4.78, 5) is 10.4. The summed E-state index contributed by atoms with van der Waals surface area (Å²) < 4.78 is 0. The molecule has 0 aliphatic heterocycles. The molecule has 0 saturated heterocycles. The Hall–Kier alpha value is 0.961. The molecule has 0 aliphatic carbocycles. The van der Waals surface area contributed by atoms with Gasteiger partial charge in [-0.2, -0.15) is 0 Å². The average Bonchev–Trinajstić information content (AvgIpc) is 2.50. The summed E-state index contributed by atoms with van der Waals surface area (Å²) in [5.74, 6) is -1.10. The summed E-state index contributed by atoms with van der Waals surface area (Å²) >= 11 is 0. The van der Waals surface area contributed by atoms with Crippen LogP contribution in [0.3, 0.4) is 0 Å². The first-order valence-electron chi connectivity index (χ1n) is 9.20. The zero-order valence-corrected chi connectivity index (χ0v) is 19.3. The van der Waals surface area contributed by atoms with Gasteiger partial charge in [0, 0.05) is 6.61 Å². The molecule has 0 amide bonds. The molecule has 1 atom stereocenters. The van der Waals surface area contributed by atoms with Gasteiger partial charge in [-0.3, -0.25) is 0 Å². The Morgan fingerprint density at radius 1 is 0.696 bits per heavy atom. The monoisotopic (exact) mass is 456 g/mol. The van der Waals surface area contributed by atoms with Crippen molar-refractivity contribution in [1.29, 1.82) is 0 Å². The van der Waals surface area contributed by atoms with Gasteiger partial charge < -0.3 is 18.2 Å². The fourth-order valence-corrected chi connectivity index (χ4v) is 2.69. The number of aliphatic hydroxyl groups excluding tert-OH is 2. The van der Waals surface area contributed by atoms with E-state index in [-0.39, 0.29) is 51.7 Å². The van der Waals surface area contributed by atoms with Crippen LogP contribution < -0.4 is 0 Å². The molecule has 0 aromatic heterocycles. The van der Waals surface area contributed by atoms with Crippen molar-refractivity contribution < 1.29 is 23.0 Å². The number of carbonyl (C=O) groups is 1. The predicted octanol–water partition coefficient (Wildman–Crippen LogP) is 4.12. The summed E-state index contributed by atoms with van der Waals surface area (Å²) in [6.07, 6.45) is 16.0. The molecule has 0 aromatic rings. The van der Waals surface area contributed by atoms with Crippen LogP contribution in [0.4, 0.5) is 0 Å². The number of aliphatic carboxylic acids is 1. The van der Waals surface area contributed by atoms with Gasteiger partial charge in [0.1, 0.15) is 0 Å². The summed E-state index contributed by atoms with van der Waals surface area (Å²) in [5.41, 5.74) is 0. The van der Waals surface area contributed by atoms with E-state index in [1.807, 2.05) is 0 Å². The van der Waals surface area contributed by atoms with E-state index in [2.05, 4.69) is 0 Å². The summed E-state index contributed by atoms with van der Waals surface area (Å²) in [6, 6.07) is 0. The molecule has 0 bridgehead atoms. The van der Waals surface area contributed by atoms with E-state index in [4.69, 9.17) is 15.3 Å². The van der Waals surface area contributed by atoms with Gasteiger partial charge in [-0.25, -0.2) is 4.79 Å². The smallest absolute Gasteiger partial charge is 1.00 e. The number of carboxylic acid groups (broad SMARTS) is 1. The van der Waals surface area contributed by atoms with Gasteiger partial charge in [-0.05, 0) is 12.8 Å². The molecule has 0 aromatic carbocycles. The van der Waals surface area contributed by atoms with Crippen LogP contribution in [-0.4, -0.2) is 82.9 Å². The van der Waals surface area contributed by atoms with Gasteiger partial charge in [-0.15, -0.1) is 0 Å². The van der Waals surface area contributed by atoms with Crippen molar-refractivity contribution in [2.45, 2.75) is 102 Å². The van der Waals surface area contributed by atoms with Crippen LogP contribution in [0.5, 0.6) is 0 Å². The maximum Gasteiger partial charge on any atom is 2.00 e. The number of unbranched alkanes of at least 4 members (excludes halogenated alkanes) is 13. The van der Waals surface area contributed by atoms with Crippen LogP contribution in [0.1, 0.15) is 99.2 Å². The Bertz CT molecular complexity index is 259. The molecule has 0 radical (unpaired) electrons. The summed E-state index contributed by atoms with van der Waals surface area (Å²) in [6.45, 7) is 0.333. The topological polar surface area (TPSA) is 77.8 Å². The molecule has 4 nitrogen and oxygen atoms in total. The number of hydrogen-bond acceptors (Lipinski definition) is 3. The van der Waals surface area contributed by atoms with Crippen molar-refractivity contribution in [1.82, 2.24) is 0 Å². The second kappa shape index (κ2) is 21.0. The van der Waals surface area contributed by atoms with Crippen LogP contribution in [-0.2, 0) is 4.79 Å². The van der Waals surface area contributed by atoms with Gasteiger partial charge in [0.15, 0.2) is 6.10 Å². The maximum atomic E-state index is 10.4. The van der Waals surface area contributed by atoms with Gasteiger partial charge >= 0.3 is 54.9 Å². The number of aliphatic hydroxyl groups is 2. The van der Waals surface area contributed by atoms with Crippen molar-refractivity contribution in [2.75, 3.05) is 6.61 Å². The molecule has 0 saturated carbocycles. The molecule has 1 unspecified atom stereocenters. The van der Waals surface area contributed by atoms with Gasteiger partial charge in [-0.1, -0.05) is 83.5 Å². The fourth-order valence-electron chi connectivity index (χ4n) is 2.69. The van der Waals surface area contributed by atoms with Crippen LogP contribution in [0, 0.1) is 0 Å². The minimum Gasteiger partial charge on any atom is -1.00 e. The first kappa shape index (κ1) is 26.2. The quantitative estimate of drug-likeness (QED) is 0.228. The molecule has 136 valence electrons. The average molecular weight is 456 g/mol. The molecule has 0 rings (SSSR count). The van der Waals surface area contributed by atoms with E-state index < -0.39 is 12.1 Å². The second-order valence-corrected chi connectivity index (χ2v) is 6.32. The normalized spacial score (nSPS) is 11.9. The van der Waals surface area contributed by atoms with E-state index in [9.17, 15) is 4.79 Å². The molecule has 0 spiro atoms. The Balaban J connectivity index is -0.000000735. The number of rotatable bonds is 17. The number of carboxylic acids is 1. The SMILES string of the molecule is O=C(O)C(O)CCCCCCCCCCCCCCCCO.[Ba+2].[H-].[H-]. The van der Waals surface area contributed by atoms with Gasteiger partial charge in [0.05, 0.1) is 0 Å². The Morgan fingerprint density at radius 2 is 1.00 bits per heavy atom. The van der Waals surface area contributed by atoms with Crippen molar-refractivity contribution in [3.8, 4) is 0 Å². The van der Waals surface area contributed by atoms with Gasteiger partial charge in [0.25, 0.3) is 0 Å². The largest absolute Gasteiger partial charge is 2.00 e. The maximum absolute atomic E-state index is 10.4. The second-order valence-electron chi connectivity index (χ2n) is 6.32. The fraction of sp³-hybridized carbons (Fsp3) is 0.944. The van der Waals surface area contributed by atoms with Crippen molar-refractivity contribution >= 4 is 54.9 Å². The molecular weight excluding hydrogens is 418 g/mol. The first-order valence-corrected chi connectivity index (χ1v) is 9.20. The van der Waals surface area contributed by atoms with Crippen molar-refractivity contribution in [3.05, 3.63) is 0 Å². The minimum atomic E-state index is -1.18. The van der Waals surface area contributed by atoms with E-state index in [0.29, 0.717) is 13.0 Å². The van der Waals surface area contributed by atoms with Crippen LogP contribution >= 0.6 is 0 Å². The molecule has 0 aliphatic rings. The standard InChI is InChI=1S/C18H36O4.Ba.2H/c19-16-14-12-10-8-6-4-2-1-3-5-7-9-11-13-15-17(20)18(21)22;;;/h17,19-20H,1-16H2,(H,21,22);;;/q;+2;2*-1. The van der Waals surface area contributed by atoms with Crippen LogP contribution in [0.25, 0.3) is 0 Å². The van der Waals surface area contributed by atoms with Gasteiger partial charge in [0.2, 0.25) is 0 Å². The third-order valence-corrected chi connectivity index (χ3v) is 4.17. The van der Waals surface area contributed by atoms with E-state index in [1.165, 1.54) is 64.2 Å². The molecule has 5 heteroatoms. The third-order valence-electron chi connectivity index (χ3n) is 4.17. The summed E-state index contributed by atoms with van der Waals surface area (Å²) in [7, 11) is 0. The van der Waals surface area contributed by atoms with Crippen LogP contribution in [0.2, 0.25) is 0 Å². The van der Waals surface area contributed by atoms with E-state index in [1.54, 1.807) is 0 Å². The molecule has 3 N–H and O–H groups in total. The molecule has 0 fully saturated rings. The molecular formula is C18H38BaO4. The minimum absolute atomic E-state index is 0. The van der Waals surface area contributed by atoms with Crippen molar-refractivity contribution in [3.63, 3.8) is 0 Å². The van der Waals surface area contributed by atoms with E-state index >= 15 is 0 Å². The third kappa shape index (κ3) is 20.9. The first-order chi connectivity index (χ1) is 10.7. The Kier molecular flexibility index (Phi) is 23.9. The zero-order chi connectivity index (χ0) is 16.5. The number of hydrogen-bond donors (Lipinski definition) is 3. The van der Waals surface area contributed by atoms with Crippen LogP contribution in [0.15, 0.2) is 0 Å². The Labute approximate surface area is 185 Å². The Morgan fingerprint density at radius 3 is 1.30 bits per heavy atom. The summed E-state index contributed by atoms with van der Waals surface area (Å²) in [5, 5.41) is 26.3. The zero-order valence-electron chi connectivity index (χ0n) is 16.8. The molecule has 0 heterocycles. The predicted molar refractivity (Wildman–Crippen MR) is 98.0 cm³/mol. The van der Waals surface area contributed by atoms with E-state index in [0.717, 1.165) is 25.7 Å². The molecule has 23 heavy (non-hydrogen) atoms. The van der Waals surface area contributed by atoms with Crippen molar-refractivity contribution in [2.24, 2.45) is 0 Å².